The SMILES string of the molecule is CC(C)C[C@@H](O)C1CCN(C(=O)c2cc(CO)ccn2)CC1. The smallest absolute Gasteiger partial charge is 0.272 e. The highest BCUT2D eigenvalue weighted by atomic mass is 16.3. The third-order valence-electron chi connectivity index (χ3n) is 4.31. The van der Waals surface area contributed by atoms with E-state index >= 15 is 0 Å². The third-order valence-corrected chi connectivity index (χ3v) is 4.31. The summed E-state index contributed by atoms with van der Waals surface area (Å²) in [5.41, 5.74) is 1.08. The number of carbonyl (C=O) groups is 1. The Balaban J connectivity index is 1.92. The molecule has 0 aliphatic carbocycles. The summed E-state index contributed by atoms with van der Waals surface area (Å²) in [6, 6.07) is 3.34. The number of nitrogens with zero attached hydrogens (tertiary/aromatic N) is 2. The minimum absolute atomic E-state index is 0.0906. The van der Waals surface area contributed by atoms with Gasteiger partial charge in [0.25, 0.3) is 5.91 Å². The number of aliphatic hydroxyl groups is 2. The molecule has 1 fully saturated rings. The predicted octanol–water partition coefficient (Wildman–Crippen LogP) is 1.83. The number of aromatic nitrogens is 1. The van der Waals surface area contributed by atoms with Crippen LogP contribution in [0, 0.1) is 11.8 Å². The minimum atomic E-state index is -0.270. The number of likely N-dealkylation sites (tertiary alicyclic amines) is 1. The van der Waals surface area contributed by atoms with Gasteiger partial charge in [-0.2, -0.15) is 0 Å². The van der Waals surface area contributed by atoms with Crippen molar-refractivity contribution in [1.29, 1.82) is 0 Å². The van der Waals surface area contributed by atoms with Crippen molar-refractivity contribution in [3.8, 4) is 0 Å². The molecule has 2 heterocycles. The van der Waals surface area contributed by atoms with Gasteiger partial charge in [0, 0.05) is 19.3 Å². The second-order valence-electron chi connectivity index (χ2n) is 6.53. The zero-order valence-electron chi connectivity index (χ0n) is 13.4. The first kappa shape index (κ1) is 16.9. The molecule has 0 spiro atoms. The van der Waals surface area contributed by atoms with E-state index in [2.05, 4.69) is 18.8 Å². The van der Waals surface area contributed by atoms with Crippen LogP contribution in [0.4, 0.5) is 0 Å². The minimum Gasteiger partial charge on any atom is -0.393 e. The quantitative estimate of drug-likeness (QED) is 0.870. The zero-order chi connectivity index (χ0) is 16.1. The second-order valence-corrected chi connectivity index (χ2v) is 6.53. The number of pyridine rings is 1. The highest BCUT2D eigenvalue weighted by Crippen LogP contribution is 2.25. The molecule has 5 nitrogen and oxygen atoms in total. The Morgan fingerprint density at radius 2 is 2.09 bits per heavy atom. The first-order valence-corrected chi connectivity index (χ1v) is 8.04. The van der Waals surface area contributed by atoms with Gasteiger partial charge in [-0.25, -0.2) is 0 Å². The highest BCUT2D eigenvalue weighted by Gasteiger charge is 2.28. The fourth-order valence-electron chi connectivity index (χ4n) is 3.01. The van der Waals surface area contributed by atoms with Crippen LogP contribution < -0.4 is 0 Å². The van der Waals surface area contributed by atoms with Crippen LogP contribution in [0.25, 0.3) is 0 Å². The molecule has 0 unspecified atom stereocenters. The Morgan fingerprint density at radius 1 is 1.41 bits per heavy atom. The molecule has 1 amide bonds. The normalized spacial score (nSPS) is 17.8. The number of amides is 1. The van der Waals surface area contributed by atoms with Crippen LogP contribution >= 0.6 is 0 Å². The van der Waals surface area contributed by atoms with Crippen molar-refractivity contribution >= 4 is 5.91 Å². The molecule has 1 atom stereocenters. The number of carbonyl (C=O) groups excluding carboxylic acids is 1. The van der Waals surface area contributed by atoms with Gasteiger partial charge in [0.05, 0.1) is 12.7 Å². The molecule has 22 heavy (non-hydrogen) atoms. The van der Waals surface area contributed by atoms with Crippen molar-refractivity contribution in [3.63, 3.8) is 0 Å². The monoisotopic (exact) mass is 306 g/mol. The maximum atomic E-state index is 12.4. The van der Waals surface area contributed by atoms with Gasteiger partial charge in [-0.05, 0) is 48.8 Å². The van der Waals surface area contributed by atoms with E-state index in [1.165, 1.54) is 0 Å². The highest BCUT2D eigenvalue weighted by molar-refractivity contribution is 5.92. The molecule has 1 aliphatic rings. The lowest BCUT2D eigenvalue weighted by Crippen LogP contribution is -2.41. The van der Waals surface area contributed by atoms with Crippen molar-refractivity contribution in [1.82, 2.24) is 9.88 Å². The largest absolute Gasteiger partial charge is 0.393 e. The zero-order valence-corrected chi connectivity index (χ0v) is 13.4. The lowest BCUT2D eigenvalue weighted by Gasteiger charge is -2.34. The molecule has 2 rings (SSSR count). The van der Waals surface area contributed by atoms with Gasteiger partial charge >= 0.3 is 0 Å². The number of piperidine rings is 1. The topological polar surface area (TPSA) is 73.7 Å². The van der Waals surface area contributed by atoms with E-state index in [4.69, 9.17) is 5.11 Å². The van der Waals surface area contributed by atoms with Gasteiger partial charge in [-0.1, -0.05) is 13.8 Å². The average molecular weight is 306 g/mol. The summed E-state index contributed by atoms with van der Waals surface area (Å²) >= 11 is 0. The van der Waals surface area contributed by atoms with Gasteiger partial charge in [0.1, 0.15) is 5.69 Å². The molecule has 0 bridgehead atoms. The van der Waals surface area contributed by atoms with Gasteiger partial charge in [-0.3, -0.25) is 9.78 Å². The number of hydrogen-bond donors (Lipinski definition) is 2. The fourth-order valence-corrected chi connectivity index (χ4v) is 3.01. The Hall–Kier alpha value is -1.46. The molecule has 0 radical (unpaired) electrons. The molecule has 0 saturated carbocycles. The lowest BCUT2D eigenvalue weighted by atomic mass is 9.87. The molecule has 1 aromatic heterocycles. The summed E-state index contributed by atoms with van der Waals surface area (Å²) in [7, 11) is 0. The van der Waals surface area contributed by atoms with Crippen LogP contribution in [0.15, 0.2) is 18.3 Å². The van der Waals surface area contributed by atoms with Crippen LogP contribution in [-0.4, -0.2) is 45.2 Å². The average Bonchev–Trinajstić information content (AvgIpc) is 2.53. The number of hydrogen-bond acceptors (Lipinski definition) is 4. The van der Waals surface area contributed by atoms with Crippen LogP contribution in [0.1, 0.15) is 49.2 Å². The first-order valence-electron chi connectivity index (χ1n) is 8.04. The number of aliphatic hydroxyl groups excluding tert-OH is 2. The molecule has 2 N–H and O–H groups in total. The Labute approximate surface area is 132 Å². The van der Waals surface area contributed by atoms with Crippen molar-refractivity contribution in [2.75, 3.05) is 13.1 Å². The molecule has 5 heteroatoms. The number of rotatable bonds is 5. The third kappa shape index (κ3) is 4.27. The Bertz CT molecular complexity index is 496. The van der Waals surface area contributed by atoms with Gasteiger partial charge in [-0.15, -0.1) is 0 Å². The maximum absolute atomic E-state index is 12.4. The summed E-state index contributed by atoms with van der Waals surface area (Å²) in [6.07, 6.45) is 3.77. The molecular weight excluding hydrogens is 280 g/mol. The van der Waals surface area contributed by atoms with Crippen molar-refractivity contribution in [2.45, 2.75) is 45.8 Å². The van der Waals surface area contributed by atoms with Crippen molar-refractivity contribution in [2.24, 2.45) is 11.8 Å². The first-order chi connectivity index (χ1) is 10.5. The Kier molecular flexibility index (Phi) is 5.91. The summed E-state index contributed by atoms with van der Waals surface area (Å²) in [5.74, 6) is 0.676. The fraction of sp³-hybridized carbons (Fsp3) is 0.647. The molecule has 1 aromatic rings. The molecule has 122 valence electrons. The predicted molar refractivity (Wildman–Crippen MR) is 84.2 cm³/mol. The molecule has 1 saturated heterocycles. The van der Waals surface area contributed by atoms with E-state index in [0.717, 1.165) is 19.3 Å². The van der Waals surface area contributed by atoms with E-state index in [1.807, 2.05) is 0 Å². The van der Waals surface area contributed by atoms with Crippen molar-refractivity contribution in [3.05, 3.63) is 29.6 Å². The maximum Gasteiger partial charge on any atom is 0.272 e. The molecule has 1 aliphatic heterocycles. The van der Waals surface area contributed by atoms with E-state index in [-0.39, 0.29) is 24.5 Å². The molecular formula is C17H26N2O3. The Morgan fingerprint density at radius 3 is 2.68 bits per heavy atom. The van der Waals surface area contributed by atoms with E-state index in [0.29, 0.717) is 30.3 Å². The molecule has 0 aromatic carbocycles. The van der Waals surface area contributed by atoms with E-state index < -0.39 is 0 Å². The van der Waals surface area contributed by atoms with Gasteiger partial charge < -0.3 is 15.1 Å². The van der Waals surface area contributed by atoms with Crippen LogP contribution in [0.5, 0.6) is 0 Å². The van der Waals surface area contributed by atoms with E-state index in [1.54, 1.807) is 23.2 Å². The van der Waals surface area contributed by atoms with Crippen LogP contribution in [0.3, 0.4) is 0 Å². The summed E-state index contributed by atoms with van der Waals surface area (Å²) in [6.45, 7) is 5.45. The summed E-state index contributed by atoms with van der Waals surface area (Å²) in [5, 5.41) is 19.4. The second kappa shape index (κ2) is 7.70. The van der Waals surface area contributed by atoms with Gasteiger partial charge in [0.2, 0.25) is 0 Å². The standard InChI is InChI=1S/C17H26N2O3/c1-12(2)9-16(21)14-4-7-19(8-5-14)17(22)15-10-13(11-20)3-6-18-15/h3,6,10,12,14,16,20-21H,4-5,7-9,11H2,1-2H3/t16-/m1/s1. The van der Waals surface area contributed by atoms with Crippen LogP contribution in [0.2, 0.25) is 0 Å². The lowest BCUT2D eigenvalue weighted by molar-refractivity contribution is 0.0382. The van der Waals surface area contributed by atoms with Crippen LogP contribution in [-0.2, 0) is 6.61 Å². The summed E-state index contributed by atoms with van der Waals surface area (Å²) in [4.78, 5) is 18.3. The summed E-state index contributed by atoms with van der Waals surface area (Å²) < 4.78 is 0. The van der Waals surface area contributed by atoms with Gasteiger partial charge in [0.15, 0.2) is 0 Å². The van der Waals surface area contributed by atoms with Crippen molar-refractivity contribution < 1.29 is 15.0 Å². The van der Waals surface area contributed by atoms with E-state index in [9.17, 15) is 9.90 Å².